The molecule has 2 aliphatic heterocycles. The van der Waals surface area contributed by atoms with Crippen molar-refractivity contribution in [1.82, 2.24) is 0 Å². The van der Waals surface area contributed by atoms with Crippen LogP contribution in [0.25, 0.3) is 0 Å². The van der Waals surface area contributed by atoms with Crippen LogP contribution in [0.3, 0.4) is 0 Å². The molecule has 0 unspecified atom stereocenters. The van der Waals surface area contributed by atoms with Crippen molar-refractivity contribution in [3.63, 3.8) is 0 Å². The maximum atomic E-state index is 12.4. The van der Waals surface area contributed by atoms with Crippen molar-refractivity contribution >= 4 is 39.1 Å². The average Bonchev–Trinajstić information content (AvgIpc) is 2.96. The van der Waals surface area contributed by atoms with Gasteiger partial charge < -0.3 is 10.2 Å². The fourth-order valence-corrected chi connectivity index (χ4v) is 3.76. The zero-order valence-electron chi connectivity index (χ0n) is 12.4. The number of nitrogens with zero attached hydrogens (tertiary/aromatic N) is 1. The van der Waals surface area contributed by atoms with Gasteiger partial charge in [0.15, 0.2) is 0 Å². The van der Waals surface area contributed by atoms with Crippen LogP contribution in [0.15, 0.2) is 40.9 Å². The molecule has 0 saturated carbocycles. The highest BCUT2D eigenvalue weighted by Gasteiger charge is 2.31. The minimum absolute atomic E-state index is 0.125. The van der Waals surface area contributed by atoms with Crippen molar-refractivity contribution in [2.24, 2.45) is 0 Å². The first-order valence-electron chi connectivity index (χ1n) is 7.65. The summed E-state index contributed by atoms with van der Waals surface area (Å²) in [4.78, 5) is 26.2. The zero-order chi connectivity index (χ0) is 16.0. The fourth-order valence-electron chi connectivity index (χ4n) is 3.36. The molecule has 0 aromatic heterocycles. The Morgan fingerprint density at radius 3 is 2.65 bits per heavy atom. The molecule has 0 saturated heterocycles. The smallest absolute Gasteiger partial charge is 0.255 e. The first kappa shape index (κ1) is 14.5. The highest BCUT2D eigenvalue weighted by atomic mass is 79.9. The van der Waals surface area contributed by atoms with Crippen LogP contribution in [0.2, 0.25) is 0 Å². The van der Waals surface area contributed by atoms with E-state index in [-0.39, 0.29) is 11.8 Å². The van der Waals surface area contributed by atoms with E-state index in [1.54, 1.807) is 12.1 Å². The highest BCUT2D eigenvalue weighted by Crippen LogP contribution is 2.38. The van der Waals surface area contributed by atoms with Crippen molar-refractivity contribution in [2.75, 3.05) is 16.8 Å². The molecule has 0 spiro atoms. The summed E-state index contributed by atoms with van der Waals surface area (Å²) >= 11 is 3.38. The van der Waals surface area contributed by atoms with Gasteiger partial charge in [-0.15, -0.1) is 0 Å². The number of halogens is 1. The van der Waals surface area contributed by atoms with Crippen LogP contribution in [0.1, 0.15) is 27.9 Å². The number of aryl methyl sites for hydroxylation is 1. The van der Waals surface area contributed by atoms with E-state index in [0.717, 1.165) is 46.4 Å². The molecule has 2 amide bonds. The molecule has 2 aromatic rings. The Labute approximate surface area is 142 Å². The average molecular weight is 371 g/mol. The van der Waals surface area contributed by atoms with E-state index in [0.29, 0.717) is 12.0 Å². The summed E-state index contributed by atoms with van der Waals surface area (Å²) in [5.74, 6) is 0.0855. The van der Waals surface area contributed by atoms with Crippen LogP contribution < -0.4 is 10.2 Å². The van der Waals surface area contributed by atoms with Crippen molar-refractivity contribution in [1.29, 1.82) is 0 Å². The van der Waals surface area contributed by atoms with Crippen LogP contribution in [-0.4, -0.2) is 18.4 Å². The zero-order valence-corrected chi connectivity index (χ0v) is 14.0. The fraction of sp³-hybridized carbons (Fsp3) is 0.222. The van der Waals surface area contributed by atoms with Gasteiger partial charge in [-0.3, -0.25) is 9.59 Å². The van der Waals surface area contributed by atoms with Gasteiger partial charge in [-0.1, -0.05) is 22.0 Å². The molecule has 23 heavy (non-hydrogen) atoms. The third kappa shape index (κ3) is 2.55. The molecule has 2 aromatic carbocycles. The number of anilines is 2. The van der Waals surface area contributed by atoms with Gasteiger partial charge in [0.1, 0.15) is 0 Å². The van der Waals surface area contributed by atoms with E-state index in [4.69, 9.17) is 0 Å². The Bertz CT molecular complexity index is 832. The minimum atomic E-state index is -0.125. The predicted octanol–water partition coefficient (Wildman–Crippen LogP) is 3.54. The van der Waals surface area contributed by atoms with Gasteiger partial charge in [-0.2, -0.15) is 0 Å². The Morgan fingerprint density at radius 2 is 1.87 bits per heavy atom. The lowest BCUT2D eigenvalue weighted by Gasteiger charge is -2.25. The lowest BCUT2D eigenvalue weighted by molar-refractivity contribution is -0.118. The lowest BCUT2D eigenvalue weighted by Crippen LogP contribution is -2.32. The standard InChI is InChI=1S/C18H15BrN2O2/c19-14-3-1-2-13(8-14)18(23)20-15-9-11-4-5-16(22)21-7-6-12(10-15)17(11)21/h1-3,8-10H,4-7H2,(H,20,23). The second-order valence-electron chi connectivity index (χ2n) is 5.90. The Hall–Kier alpha value is -2.14. The SMILES string of the molecule is O=C(Nc1cc2c3c(c1)CCN3C(=O)CC2)c1cccc(Br)c1. The molecule has 4 nitrogen and oxygen atoms in total. The Balaban J connectivity index is 1.64. The van der Waals surface area contributed by atoms with Crippen molar-refractivity contribution < 1.29 is 9.59 Å². The summed E-state index contributed by atoms with van der Waals surface area (Å²) in [6.45, 7) is 0.754. The van der Waals surface area contributed by atoms with Gasteiger partial charge in [0, 0.05) is 28.7 Å². The topological polar surface area (TPSA) is 49.4 Å². The lowest BCUT2D eigenvalue weighted by atomic mass is 9.98. The predicted molar refractivity (Wildman–Crippen MR) is 92.9 cm³/mol. The molecule has 0 bridgehead atoms. The number of carbonyl (C=O) groups is 2. The molecular weight excluding hydrogens is 356 g/mol. The van der Waals surface area contributed by atoms with Crippen molar-refractivity contribution in [3.05, 3.63) is 57.6 Å². The van der Waals surface area contributed by atoms with Crippen LogP contribution in [0.4, 0.5) is 11.4 Å². The van der Waals surface area contributed by atoms with Gasteiger partial charge >= 0.3 is 0 Å². The molecule has 1 N–H and O–H groups in total. The number of hydrogen-bond donors (Lipinski definition) is 1. The molecule has 2 aliphatic rings. The third-order valence-electron chi connectivity index (χ3n) is 4.40. The largest absolute Gasteiger partial charge is 0.322 e. The first-order valence-corrected chi connectivity index (χ1v) is 8.44. The maximum absolute atomic E-state index is 12.4. The number of nitrogens with one attached hydrogen (secondary N) is 1. The van der Waals surface area contributed by atoms with E-state index in [1.165, 1.54) is 0 Å². The van der Waals surface area contributed by atoms with Crippen LogP contribution in [-0.2, 0) is 17.6 Å². The molecule has 4 rings (SSSR count). The van der Waals surface area contributed by atoms with E-state index < -0.39 is 0 Å². The number of carbonyl (C=O) groups excluding carboxylic acids is 2. The summed E-state index contributed by atoms with van der Waals surface area (Å²) in [7, 11) is 0. The van der Waals surface area contributed by atoms with Crippen molar-refractivity contribution in [3.8, 4) is 0 Å². The molecule has 0 atom stereocenters. The molecule has 0 radical (unpaired) electrons. The normalized spacial score (nSPS) is 15.5. The van der Waals surface area contributed by atoms with E-state index in [9.17, 15) is 9.59 Å². The summed E-state index contributed by atoms with van der Waals surface area (Å²) in [5.41, 5.74) is 4.80. The minimum Gasteiger partial charge on any atom is -0.322 e. The summed E-state index contributed by atoms with van der Waals surface area (Å²) in [6.07, 6.45) is 2.16. The molecule has 2 heterocycles. The van der Waals surface area contributed by atoms with Gasteiger partial charge in [-0.05, 0) is 54.3 Å². The Kier molecular flexibility index (Phi) is 3.45. The quantitative estimate of drug-likeness (QED) is 0.878. The molecule has 5 heteroatoms. The van der Waals surface area contributed by atoms with Crippen LogP contribution >= 0.6 is 15.9 Å². The second kappa shape index (κ2) is 5.49. The van der Waals surface area contributed by atoms with Gasteiger partial charge in [-0.25, -0.2) is 0 Å². The number of amides is 2. The van der Waals surface area contributed by atoms with Crippen molar-refractivity contribution in [2.45, 2.75) is 19.3 Å². The third-order valence-corrected chi connectivity index (χ3v) is 4.89. The summed E-state index contributed by atoms with van der Waals surface area (Å²) in [5, 5.41) is 2.98. The van der Waals surface area contributed by atoms with Gasteiger partial charge in [0.25, 0.3) is 5.91 Å². The number of benzene rings is 2. The maximum Gasteiger partial charge on any atom is 0.255 e. The highest BCUT2D eigenvalue weighted by molar-refractivity contribution is 9.10. The van der Waals surface area contributed by atoms with Crippen LogP contribution in [0, 0.1) is 0 Å². The van der Waals surface area contributed by atoms with Gasteiger partial charge in [0.2, 0.25) is 5.91 Å². The summed E-state index contributed by atoms with van der Waals surface area (Å²) in [6, 6.07) is 11.3. The molecule has 0 aliphatic carbocycles. The molecule has 116 valence electrons. The monoisotopic (exact) mass is 370 g/mol. The first-order chi connectivity index (χ1) is 11.1. The number of rotatable bonds is 2. The van der Waals surface area contributed by atoms with E-state index in [1.807, 2.05) is 29.2 Å². The summed E-state index contributed by atoms with van der Waals surface area (Å²) < 4.78 is 0.878. The van der Waals surface area contributed by atoms with E-state index >= 15 is 0 Å². The Morgan fingerprint density at radius 1 is 1.09 bits per heavy atom. The van der Waals surface area contributed by atoms with Gasteiger partial charge in [0.05, 0.1) is 5.69 Å². The molecular formula is C18H15BrN2O2. The second-order valence-corrected chi connectivity index (χ2v) is 6.82. The van der Waals surface area contributed by atoms with E-state index in [2.05, 4.69) is 21.2 Å². The van der Waals surface area contributed by atoms with Crippen LogP contribution in [0.5, 0.6) is 0 Å². The number of hydrogen-bond acceptors (Lipinski definition) is 2. The molecule has 0 fully saturated rings.